The molecule has 1 aromatic carbocycles. The molecule has 3 nitrogen and oxygen atoms in total. The van der Waals surface area contributed by atoms with Crippen LogP contribution in [0, 0.1) is 0 Å². The molecular formula is C12H11ClN2OSe. The van der Waals surface area contributed by atoms with Crippen LogP contribution in [-0.4, -0.2) is 25.4 Å². The van der Waals surface area contributed by atoms with Crippen molar-refractivity contribution in [3.8, 4) is 0 Å². The molecule has 0 fully saturated rings. The number of aromatic nitrogens is 1. The second kappa shape index (κ2) is 5.50. The number of carbonyl (C=O) groups excluding carboxylic acids is 1. The van der Waals surface area contributed by atoms with E-state index in [-0.39, 0.29) is 20.4 Å². The van der Waals surface area contributed by atoms with Crippen molar-refractivity contribution in [2.45, 2.75) is 12.8 Å². The van der Waals surface area contributed by atoms with Crippen LogP contribution in [-0.2, 0) is 10.7 Å². The van der Waals surface area contributed by atoms with Crippen molar-refractivity contribution in [1.82, 2.24) is 4.98 Å². The fourth-order valence-electron chi connectivity index (χ4n) is 1.46. The standard InChI is InChI=1S/C12H11ClN2OSe/c1-9(16)15(11-5-3-2-4-6-11)12-14-10(7-13)8-17-12/h2-6,8H,7H2,1H3. The molecular weight excluding hydrogens is 303 g/mol. The summed E-state index contributed by atoms with van der Waals surface area (Å²) in [6.45, 7) is 1.55. The summed E-state index contributed by atoms with van der Waals surface area (Å²) in [5.74, 6) is 0.368. The van der Waals surface area contributed by atoms with Gasteiger partial charge in [0, 0.05) is 0 Å². The maximum atomic E-state index is 11.7. The van der Waals surface area contributed by atoms with Gasteiger partial charge >= 0.3 is 111 Å². The monoisotopic (exact) mass is 314 g/mol. The summed E-state index contributed by atoms with van der Waals surface area (Å²) in [7, 11) is 0. The molecule has 0 N–H and O–H groups in total. The number of rotatable bonds is 3. The first-order valence-corrected chi connectivity index (χ1v) is 7.46. The zero-order chi connectivity index (χ0) is 12.3. The van der Waals surface area contributed by atoms with E-state index in [1.807, 2.05) is 35.3 Å². The summed E-state index contributed by atoms with van der Waals surface area (Å²) >= 11 is 5.81. The van der Waals surface area contributed by atoms with E-state index in [1.54, 1.807) is 11.8 Å². The van der Waals surface area contributed by atoms with Crippen molar-refractivity contribution in [2.24, 2.45) is 0 Å². The SMILES string of the molecule is CC(=O)N(c1ccccc1)c1nc(CCl)c[se]1. The van der Waals surface area contributed by atoms with Crippen LogP contribution < -0.4 is 4.90 Å². The number of halogens is 1. The number of nitrogens with zero attached hydrogens (tertiary/aromatic N) is 2. The molecule has 0 radical (unpaired) electrons. The quantitative estimate of drug-likeness (QED) is 0.644. The third-order valence-corrected chi connectivity index (χ3v) is 4.31. The van der Waals surface area contributed by atoms with Crippen molar-refractivity contribution in [3.63, 3.8) is 0 Å². The molecule has 0 saturated heterocycles. The molecule has 0 saturated carbocycles. The molecule has 1 amide bonds. The fraction of sp³-hybridized carbons (Fsp3) is 0.167. The van der Waals surface area contributed by atoms with Gasteiger partial charge in [-0.25, -0.2) is 0 Å². The molecule has 2 rings (SSSR count). The molecule has 1 heterocycles. The Bertz CT molecular complexity index is 512. The van der Waals surface area contributed by atoms with Gasteiger partial charge in [0.2, 0.25) is 0 Å². The van der Waals surface area contributed by atoms with Crippen LogP contribution >= 0.6 is 11.6 Å². The van der Waals surface area contributed by atoms with Gasteiger partial charge in [0.05, 0.1) is 0 Å². The van der Waals surface area contributed by atoms with E-state index >= 15 is 0 Å². The van der Waals surface area contributed by atoms with Gasteiger partial charge in [0.15, 0.2) is 0 Å². The van der Waals surface area contributed by atoms with Crippen LogP contribution in [0.5, 0.6) is 0 Å². The van der Waals surface area contributed by atoms with Gasteiger partial charge < -0.3 is 0 Å². The Morgan fingerprint density at radius 1 is 1.41 bits per heavy atom. The molecule has 0 spiro atoms. The van der Waals surface area contributed by atoms with E-state index < -0.39 is 0 Å². The summed E-state index contributed by atoms with van der Waals surface area (Å²) in [5.41, 5.74) is 1.70. The Hall–Kier alpha value is -1.09. The predicted octanol–water partition coefficient (Wildman–Crippen LogP) is 2.56. The van der Waals surface area contributed by atoms with Crippen molar-refractivity contribution >= 4 is 42.4 Å². The second-order valence-electron chi connectivity index (χ2n) is 3.45. The van der Waals surface area contributed by atoms with Crippen molar-refractivity contribution in [3.05, 3.63) is 41.0 Å². The van der Waals surface area contributed by atoms with Gasteiger partial charge in [0.1, 0.15) is 0 Å². The van der Waals surface area contributed by atoms with E-state index in [4.69, 9.17) is 11.6 Å². The van der Waals surface area contributed by atoms with E-state index in [1.165, 1.54) is 0 Å². The van der Waals surface area contributed by atoms with Crippen LogP contribution in [0.4, 0.5) is 10.4 Å². The first-order valence-electron chi connectivity index (χ1n) is 5.08. The average molecular weight is 314 g/mol. The molecule has 0 aliphatic rings. The Morgan fingerprint density at radius 2 is 2.12 bits per heavy atom. The summed E-state index contributed by atoms with van der Waals surface area (Å²) in [6.07, 6.45) is 0. The van der Waals surface area contributed by atoms with Gasteiger partial charge in [-0.15, -0.1) is 0 Å². The molecule has 0 aliphatic heterocycles. The third-order valence-electron chi connectivity index (χ3n) is 2.20. The van der Waals surface area contributed by atoms with E-state index in [0.29, 0.717) is 5.88 Å². The van der Waals surface area contributed by atoms with Gasteiger partial charge in [-0.1, -0.05) is 0 Å². The predicted molar refractivity (Wildman–Crippen MR) is 70.0 cm³/mol. The van der Waals surface area contributed by atoms with Crippen molar-refractivity contribution in [2.75, 3.05) is 4.90 Å². The topological polar surface area (TPSA) is 33.2 Å². The van der Waals surface area contributed by atoms with Crippen LogP contribution in [0.3, 0.4) is 0 Å². The van der Waals surface area contributed by atoms with Gasteiger partial charge in [-0.2, -0.15) is 0 Å². The molecule has 0 bridgehead atoms. The van der Waals surface area contributed by atoms with E-state index in [0.717, 1.165) is 16.1 Å². The maximum absolute atomic E-state index is 11.7. The first kappa shape index (κ1) is 12.4. The van der Waals surface area contributed by atoms with E-state index in [2.05, 4.69) is 4.98 Å². The number of carbonyl (C=O) groups is 1. The number of hydrogen-bond donors (Lipinski definition) is 0. The Morgan fingerprint density at radius 3 is 2.65 bits per heavy atom. The molecule has 0 aliphatic carbocycles. The van der Waals surface area contributed by atoms with Crippen molar-refractivity contribution in [1.29, 1.82) is 0 Å². The summed E-state index contributed by atoms with van der Waals surface area (Å²) in [6, 6.07) is 9.54. The first-order chi connectivity index (χ1) is 8.22. The molecule has 17 heavy (non-hydrogen) atoms. The Labute approximate surface area is 111 Å². The van der Waals surface area contributed by atoms with Crippen LogP contribution in [0.15, 0.2) is 35.3 Å². The summed E-state index contributed by atoms with van der Waals surface area (Å²) < 4.78 is 0.798. The number of alkyl halides is 1. The molecule has 0 atom stereocenters. The fourth-order valence-corrected chi connectivity index (χ4v) is 3.67. The molecule has 2 aromatic rings. The summed E-state index contributed by atoms with van der Waals surface area (Å²) in [5, 5.41) is 0. The van der Waals surface area contributed by atoms with Gasteiger partial charge in [-0.05, 0) is 0 Å². The average Bonchev–Trinajstić information content (AvgIpc) is 2.79. The Balaban J connectivity index is 2.39. The Kier molecular flexibility index (Phi) is 4.00. The minimum absolute atomic E-state index is 0.0268. The number of hydrogen-bond acceptors (Lipinski definition) is 2. The molecule has 88 valence electrons. The van der Waals surface area contributed by atoms with Gasteiger partial charge in [0.25, 0.3) is 0 Å². The van der Waals surface area contributed by atoms with Crippen LogP contribution in [0.1, 0.15) is 12.6 Å². The molecule has 1 aromatic heterocycles. The molecule has 0 unspecified atom stereocenters. The number of benzene rings is 1. The number of anilines is 2. The van der Waals surface area contributed by atoms with Crippen LogP contribution in [0.2, 0.25) is 0 Å². The second-order valence-corrected chi connectivity index (χ2v) is 5.47. The molecule has 5 heteroatoms. The zero-order valence-electron chi connectivity index (χ0n) is 9.26. The zero-order valence-corrected chi connectivity index (χ0v) is 11.7. The van der Waals surface area contributed by atoms with Crippen molar-refractivity contribution < 1.29 is 4.79 Å². The number of para-hydroxylation sites is 1. The van der Waals surface area contributed by atoms with Crippen LogP contribution in [0.25, 0.3) is 0 Å². The number of amides is 1. The summed E-state index contributed by atoms with van der Waals surface area (Å²) in [4.78, 5) is 19.8. The normalized spacial score (nSPS) is 10.2. The minimum atomic E-state index is -0.0268. The van der Waals surface area contributed by atoms with E-state index in [9.17, 15) is 4.79 Å². The van der Waals surface area contributed by atoms with Gasteiger partial charge in [-0.3, -0.25) is 0 Å². The third kappa shape index (κ3) is 2.78.